The SMILES string of the molecule is CCCCOc1ccc(C(=O)OCC(=O)N2CCN(c3ccccn3)CC2)cc1OC. The minimum Gasteiger partial charge on any atom is -0.493 e. The Labute approximate surface area is 182 Å². The van der Waals surface area contributed by atoms with Crippen molar-refractivity contribution >= 4 is 17.7 Å². The van der Waals surface area contributed by atoms with Gasteiger partial charge in [-0.05, 0) is 36.8 Å². The zero-order valence-electron chi connectivity index (χ0n) is 18.1. The molecule has 0 aliphatic carbocycles. The number of rotatable bonds is 9. The lowest BCUT2D eigenvalue weighted by molar-refractivity contribution is -0.134. The van der Waals surface area contributed by atoms with Crippen molar-refractivity contribution in [1.82, 2.24) is 9.88 Å². The number of ether oxygens (including phenoxy) is 3. The molecule has 2 heterocycles. The minimum absolute atomic E-state index is 0.208. The van der Waals surface area contributed by atoms with Gasteiger partial charge in [-0.2, -0.15) is 0 Å². The van der Waals surface area contributed by atoms with Gasteiger partial charge in [0.05, 0.1) is 19.3 Å². The predicted octanol–water partition coefficient (Wildman–Crippen LogP) is 2.77. The number of hydrogen-bond acceptors (Lipinski definition) is 7. The lowest BCUT2D eigenvalue weighted by Crippen LogP contribution is -2.50. The van der Waals surface area contributed by atoms with Crippen LogP contribution in [0.25, 0.3) is 0 Å². The number of esters is 1. The zero-order chi connectivity index (χ0) is 22.1. The van der Waals surface area contributed by atoms with E-state index in [1.807, 2.05) is 18.2 Å². The average Bonchev–Trinajstić information content (AvgIpc) is 2.83. The molecule has 1 fully saturated rings. The molecule has 1 aliphatic heterocycles. The number of hydrogen-bond donors (Lipinski definition) is 0. The van der Waals surface area contributed by atoms with Crippen molar-refractivity contribution in [2.24, 2.45) is 0 Å². The van der Waals surface area contributed by atoms with Gasteiger partial charge in [-0.1, -0.05) is 19.4 Å². The molecule has 31 heavy (non-hydrogen) atoms. The van der Waals surface area contributed by atoms with Gasteiger partial charge in [0.15, 0.2) is 18.1 Å². The van der Waals surface area contributed by atoms with Gasteiger partial charge >= 0.3 is 5.97 Å². The van der Waals surface area contributed by atoms with Crippen molar-refractivity contribution < 1.29 is 23.8 Å². The molecule has 0 N–H and O–H groups in total. The molecule has 0 atom stereocenters. The maximum atomic E-state index is 12.5. The van der Waals surface area contributed by atoms with E-state index >= 15 is 0 Å². The first-order valence-electron chi connectivity index (χ1n) is 10.5. The fourth-order valence-corrected chi connectivity index (χ4v) is 3.27. The van der Waals surface area contributed by atoms with Crippen LogP contribution in [0.5, 0.6) is 11.5 Å². The summed E-state index contributed by atoms with van der Waals surface area (Å²) in [6.07, 6.45) is 3.72. The highest BCUT2D eigenvalue weighted by Crippen LogP contribution is 2.28. The van der Waals surface area contributed by atoms with Crippen LogP contribution in [0.4, 0.5) is 5.82 Å². The Morgan fingerprint density at radius 2 is 1.87 bits per heavy atom. The topological polar surface area (TPSA) is 81.2 Å². The van der Waals surface area contributed by atoms with E-state index in [0.717, 1.165) is 18.7 Å². The second-order valence-electron chi connectivity index (χ2n) is 7.20. The van der Waals surface area contributed by atoms with Gasteiger partial charge in [0.25, 0.3) is 5.91 Å². The summed E-state index contributed by atoms with van der Waals surface area (Å²) in [7, 11) is 1.52. The normalized spacial score (nSPS) is 13.6. The van der Waals surface area contributed by atoms with E-state index in [2.05, 4.69) is 16.8 Å². The monoisotopic (exact) mass is 427 g/mol. The van der Waals surface area contributed by atoms with E-state index in [9.17, 15) is 9.59 Å². The number of anilines is 1. The number of unbranched alkanes of at least 4 members (excludes halogenated alkanes) is 1. The molecular weight excluding hydrogens is 398 g/mol. The molecule has 1 saturated heterocycles. The molecule has 8 heteroatoms. The molecular formula is C23H29N3O5. The third-order valence-electron chi connectivity index (χ3n) is 5.09. The van der Waals surface area contributed by atoms with Gasteiger partial charge in [0, 0.05) is 32.4 Å². The van der Waals surface area contributed by atoms with Gasteiger partial charge in [-0.25, -0.2) is 9.78 Å². The molecule has 0 bridgehead atoms. The molecule has 1 aliphatic rings. The maximum Gasteiger partial charge on any atom is 0.338 e. The Morgan fingerprint density at radius 3 is 2.55 bits per heavy atom. The predicted molar refractivity (Wildman–Crippen MR) is 117 cm³/mol. The molecule has 1 amide bonds. The van der Waals surface area contributed by atoms with E-state index in [-0.39, 0.29) is 12.5 Å². The number of piperazine rings is 1. The maximum absolute atomic E-state index is 12.5. The number of aromatic nitrogens is 1. The molecule has 0 saturated carbocycles. The largest absolute Gasteiger partial charge is 0.493 e. The summed E-state index contributed by atoms with van der Waals surface area (Å²) < 4.78 is 16.2. The lowest BCUT2D eigenvalue weighted by Gasteiger charge is -2.35. The molecule has 2 aromatic rings. The van der Waals surface area contributed by atoms with Crippen molar-refractivity contribution in [3.05, 3.63) is 48.2 Å². The summed E-state index contributed by atoms with van der Waals surface area (Å²) in [5.74, 6) is 1.16. The number of carbonyl (C=O) groups is 2. The molecule has 1 aromatic carbocycles. The summed E-state index contributed by atoms with van der Waals surface area (Å²) in [5.41, 5.74) is 0.312. The third kappa shape index (κ3) is 6.10. The van der Waals surface area contributed by atoms with E-state index < -0.39 is 5.97 Å². The molecule has 1 aromatic heterocycles. The van der Waals surface area contributed by atoms with Gasteiger partial charge in [0.1, 0.15) is 5.82 Å². The van der Waals surface area contributed by atoms with Crippen molar-refractivity contribution in [3.8, 4) is 11.5 Å². The van der Waals surface area contributed by atoms with Gasteiger partial charge < -0.3 is 24.0 Å². The summed E-state index contributed by atoms with van der Waals surface area (Å²) in [4.78, 5) is 33.1. The van der Waals surface area contributed by atoms with Crippen LogP contribution in [0.2, 0.25) is 0 Å². The summed E-state index contributed by atoms with van der Waals surface area (Å²) in [6.45, 7) is 4.87. The van der Waals surface area contributed by atoms with Crippen molar-refractivity contribution in [2.75, 3.05) is 51.4 Å². The van der Waals surface area contributed by atoms with E-state index in [1.165, 1.54) is 7.11 Å². The van der Waals surface area contributed by atoms with E-state index in [0.29, 0.717) is 49.8 Å². The fourth-order valence-electron chi connectivity index (χ4n) is 3.27. The highest BCUT2D eigenvalue weighted by Gasteiger charge is 2.23. The quantitative estimate of drug-likeness (QED) is 0.450. The van der Waals surface area contributed by atoms with E-state index in [1.54, 1.807) is 29.3 Å². The smallest absolute Gasteiger partial charge is 0.338 e. The summed E-state index contributed by atoms with van der Waals surface area (Å²) >= 11 is 0. The molecule has 0 unspecified atom stereocenters. The Bertz CT molecular complexity index is 867. The third-order valence-corrected chi connectivity index (χ3v) is 5.09. The fraction of sp³-hybridized carbons (Fsp3) is 0.435. The van der Waals surface area contributed by atoms with Crippen molar-refractivity contribution in [3.63, 3.8) is 0 Å². The van der Waals surface area contributed by atoms with Crippen LogP contribution in [0.15, 0.2) is 42.6 Å². The van der Waals surface area contributed by atoms with Crippen LogP contribution < -0.4 is 14.4 Å². The number of methoxy groups -OCH3 is 1. The number of benzene rings is 1. The molecule has 166 valence electrons. The molecule has 0 spiro atoms. The zero-order valence-corrected chi connectivity index (χ0v) is 18.1. The molecule has 3 rings (SSSR count). The van der Waals surface area contributed by atoms with E-state index in [4.69, 9.17) is 14.2 Å². The van der Waals surface area contributed by atoms with Crippen LogP contribution >= 0.6 is 0 Å². The Kier molecular flexibility index (Phi) is 8.09. The number of carbonyl (C=O) groups excluding carboxylic acids is 2. The number of amides is 1. The Hall–Kier alpha value is -3.29. The first-order valence-corrected chi connectivity index (χ1v) is 10.5. The van der Waals surface area contributed by atoms with Crippen molar-refractivity contribution in [2.45, 2.75) is 19.8 Å². The first-order chi connectivity index (χ1) is 15.1. The van der Waals surface area contributed by atoms with Gasteiger partial charge in [0.2, 0.25) is 0 Å². The minimum atomic E-state index is -0.570. The number of pyridine rings is 1. The van der Waals surface area contributed by atoms with Crippen LogP contribution in [0.3, 0.4) is 0 Å². The average molecular weight is 428 g/mol. The van der Waals surface area contributed by atoms with Crippen LogP contribution in [-0.2, 0) is 9.53 Å². The second-order valence-corrected chi connectivity index (χ2v) is 7.20. The standard InChI is InChI=1S/C23H29N3O5/c1-3-4-15-30-19-9-8-18(16-20(19)29-2)23(28)31-17-22(27)26-13-11-25(12-14-26)21-7-5-6-10-24-21/h5-10,16H,3-4,11-15,17H2,1-2H3. The van der Waals surface area contributed by atoms with Gasteiger partial charge in [-0.3, -0.25) is 4.79 Å². The van der Waals surface area contributed by atoms with Crippen LogP contribution in [-0.4, -0.2) is 68.3 Å². The highest BCUT2D eigenvalue weighted by atomic mass is 16.5. The molecule has 8 nitrogen and oxygen atoms in total. The van der Waals surface area contributed by atoms with Crippen LogP contribution in [0, 0.1) is 0 Å². The van der Waals surface area contributed by atoms with Crippen molar-refractivity contribution in [1.29, 1.82) is 0 Å². The number of nitrogens with zero attached hydrogens (tertiary/aromatic N) is 3. The molecule has 0 radical (unpaired) electrons. The Balaban J connectivity index is 1.48. The lowest BCUT2D eigenvalue weighted by atomic mass is 10.2. The summed E-state index contributed by atoms with van der Waals surface area (Å²) in [5, 5.41) is 0. The van der Waals surface area contributed by atoms with Gasteiger partial charge in [-0.15, -0.1) is 0 Å². The first kappa shape index (κ1) is 22.4. The van der Waals surface area contributed by atoms with Crippen LogP contribution in [0.1, 0.15) is 30.1 Å². The second kappa shape index (κ2) is 11.2. The summed E-state index contributed by atoms with van der Waals surface area (Å²) in [6, 6.07) is 10.6. The Morgan fingerprint density at radius 1 is 1.06 bits per heavy atom. The highest BCUT2D eigenvalue weighted by molar-refractivity contribution is 5.92.